The number of rotatable bonds is 8. The van der Waals surface area contributed by atoms with Crippen LogP contribution in [-0.4, -0.2) is 24.7 Å². The fourth-order valence-electron chi connectivity index (χ4n) is 2.02. The van der Waals surface area contributed by atoms with Crippen molar-refractivity contribution in [2.24, 2.45) is 0 Å². The molecule has 0 unspecified atom stereocenters. The van der Waals surface area contributed by atoms with Crippen LogP contribution < -0.4 is 0 Å². The zero-order valence-corrected chi connectivity index (χ0v) is 14.4. The Hall–Kier alpha value is -1.23. The molecule has 0 saturated carbocycles. The summed E-state index contributed by atoms with van der Waals surface area (Å²) in [7, 11) is -3.07. The number of Topliss-reactive ketones (excluding diaryl/α,β-unsaturated/α-hetero) is 1. The summed E-state index contributed by atoms with van der Waals surface area (Å²) in [5, 5.41) is 0. The zero-order valence-electron chi connectivity index (χ0n) is 13.6. The molecular formula is C17H25FO3S. The maximum Gasteiger partial charge on any atom is 0.155 e. The van der Waals surface area contributed by atoms with Crippen molar-refractivity contribution in [3.05, 3.63) is 35.6 Å². The van der Waals surface area contributed by atoms with Crippen LogP contribution in [-0.2, 0) is 21.1 Å². The zero-order chi connectivity index (χ0) is 16.8. The lowest BCUT2D eigenvalue weighted by atomic mass is 10.0. The molecule has 0 heterocycles. The predicted octanol–water partition coefficient (Wildman–Crippen LogP) is 3.71. The molecule has 0 atom stereocenters. The van der Waals surface area contributed by atoms with Crippen LogP contribution >= 0.6 is 0 Å². The van der Waals surface area contributed by atoms with Crippen LogP contribution in [0.3, 0.4) is 0 Å². The number of hydrogen-bond donors (Lipinski definition) is 0. The van der Waals surface area contributed by atoms with Gasteiger partial charge in [0.15, 0.2) is 9.84 Å². The molecule has 3 nitrogen and oxygen atoms in total. The Labute approximate surface area is 132 Å². The average molecular weight is 328 g/mol. The summed E-state index contributed by atoms with van der Waals surface area (Å²) in [5.41, 5.74) is 0.807. The van der Waals surface area contributed by atoms with Crippen molar-refractivity contribution in [1.29, 1.82) is 0 Å². The molecule has 0 aliphatic heterocycles. The maximum absolute atomic E-state index is 12.8. The Morgan fingerprint density at radius 3 is 2.18 bits per heavy atom. The molecular weight excluding hydrogens is 303 g/mol. The van der Waals surface area contributed by atoms with E-state index >= 15 is 0 Å². The normalized spacial score (nSPS) is 12.4. The Kier molecular flexibility index (Phi) is 6.72. The molecule has 1 aromatic carbocycles. The van der Waals surface area contributed by atoms with Crippen LogP contribution in [0.25, 0.3) is 0 Å². The average Bonchev–Trinajstić information content (AvgIpc) is 2.39. The van der Waals surface area contributed by atoms with E-state index < -0.39 is 14.6 Å². The third kappa shape index (κ3) is 6.26. The van der Waals surface area contributed by atoms with Gasteiger partial charge in [0.2, 0.25) is 0 Å². The van der Waals surface area contributed by atoms with Gasteiger partial charge in [-0.25, -0.2) is 12.8 Å². The van der Waals surface area contributed by atoms with Gasteiger partial charge in [-0.05, 0) is 51.3 Å². The molecule has 0 fully saturated rings. The number of unbranched alkanes of at least 4 members (excludes halogenated alkanes) is 2. The quantitative estimate of drug-likeness (QED) is 0.684. The van der Waals surface area contributed by atoms with Gasteiger partial charge >= 0.3 is 0 Å². The highest BCUT2D eigenvalue weighted by molar-refractivity contribution is 7.92. The fourth-order valence-corrected chi connectivity index (χ4v) is 3.21. The first-order chi connectivity index (χ1) is 10.1. The molecule has 0 aliphatic rings. The maximum atomic E-state index is 12.8. The van der Waals surface area contributed by atoms with Crippen molar-refractivity contribution in [2.45, 2.75) is 57.6 Å². The van der Waals surface area contributed by atoms with Gasteiger partial charge in [0.05, 0.1) is 10.5 Å². The number of carbonyl (C=O) groups is 1. The van der Waals surface area contributed by atoms with Crippen LogP contribution in [0.1, 0.15) is 52.0 Å². The topological polar surface area (TPSA) is 51.2 Å². The van der Waals surface area contributed by atoms with Gasteiger partial charge in [-0.2, -0.15) is 0 Å². The van der Waals surface area contributed by atoms with E-state index in [1.807, 2.05) is 0 Å². The molecule has 1 rings (SSSR count). The molecule has 0 radical (unpaired) electrons. The van der Waals surface area contributed by atoms with Gasteiger partial charge < -0.3 is 0 Å². The van der Waals surface area contributed by atoms with Gasteiger partial charge in [0.25, 0.3) is 0 Å². The van der Waals surface area contributed by atoms with E-state index in [-0.39, 0.29) is 17.4 Å². The van der Waals surface area contributed by atoms with Crippen LogP contribution in [0.15, 0.2) is 24.3 Å². The van der Waals surface area contributed by atoms with Crippen molar-refractivity contribution >= 4 is 15.6 Å². The van der Waals surface area contributed by atoms with Crippen molar-refractivity contribution in [3.63, 3.8) is 0 Å². The minimum Gasteiger partial charge on any atom is -0.299 e. The summed E-state index contributed by atoms with van der Waals surface area (Å²) in [4.78, 5) is 11.8. The SMILES string of the molecule is CC(C)(C)S(=O)(=O)CCCCCC(=O)Cc1ccc(F)cc1. The molecule has 0 amide bonds. The molecule has 1 aromatic rings. The van der Waals surface area contributed by atoms with E-state index in [1.54, 1.807) is 32.9 Å². The molecule has 22 heavy (non-hydrogen) atoms. The lowest BCUT2D eigenvalue weighted by molar-refractivity contribution is -0.118. The van der Waals surface area contributed by atoms with E-state index in [2.05, 4.69) is 0 Å². The second-order valence-corrected chi connectivity index (χ2v) is 9.45. The van der Waals surface area contributed by atoms with Gasteiger partial charge in [-0.1, -0.05) is 18.6 Å². The van der Waals surface area contributed by atoms with Crippen molar-refractivity contribution in [1.82, 2.24) is 0 Å². The van der Waals surface area contributed by atoms with Gasteiger partial charge in [-0.15, -0.1) is 0 Å². The van der Waals surface area contributed by atoms with Crippen LogP contribution in [0.5, 0.6) is 0 Å². The molecule has 5 heteroatoms. The van der Waals surface area contributed by atoms with Crippen molar-refractivity contribution < 1.29 is 17.6 Å². The minimum absolute atomic E-state index is 0.102. The van der Waals surface area contributed by atoms with Gasteiger partial charge in [0, 0.05) is 12.8 Å². The summed E-state index contributed by atoms with van der Waals surface area (Å²) >= 11 is 0. The molecule has 0 spiro atoms. The highest BCUT2D eigenvalue weighted by Crippen LogP contribution is 2.18. The van der Waals surface area contributed by atoms with E-state index in [4.69, 9.17) is 0 Å². The van der Waals surface area contributed by atoms with Gasteiger partial charge in [0.1, 0.15) is 11.6 Å². The standard InChI is InChI=1S/C17H25FO3S/c1-17(2,3)22(20,21)12-6-4-5-7-16(19)13-14-8-10-15(18)11-9-14/h8-11H,4-7,12-13H2,1-3H3. The number of benzene rings is 1. The largest absolute Gasteiger partial charge is 0.299 e. The lowest BCUT2D eigenvalue weighted by Gasteiger charge is -2.18. The Balaban J connectivity index is 2.25. The second kappa shape index (κ2) is 7.86. The fraction of sp³-hybridized carbons (Fsp3) is 0.588. The summed E-state index contributed by atoms with van der Waals surface area (Å²) in [6.45, 7) is 5.11. The van der Waals surface area contributed by atoms with Crippen LogP contribution in [0.4, 0.5) is 4.39 Å². The number of sulfone groups is 1. The summed E-state index contributed by atoms with van der Waals surface area (Å²) in [6.07, 6.45) is 2.75. The number of ketones is 1. The molecule has 124 valence electrons. The van der Waals surface area contributed by atoms with Crippen LogP contribution in [0, 0.1) is 5.82 Å². The predicted molar refractivity (Wildman–Crippen MR) is 87.1 cm³/mol. The number of halogens is 1. The Morgan fingerprint density at radius 1 is 1.05 bits per heavy atom. The van der Waals surface area contributed by atoms with Crippen molar-refractivity contribution in [3.8, 4) is 0 Å². The molecule has 0 aromatic heterocycles. The smallest absolute Gasteiger partial charge is 0.155 e. The third-order valence-electron chi connectivity index (χ3n) is 3.62. The summed E-state index contributed by atoms with van der Waals surface area (Å²) in [6, 6.07) is 5.92. The summed E-state index contributed by atoms with van der Waals surface area (Å²) < 4.78 is 35.9. The molecule has 0 aliphatic carbocycles. The minimum atomic E-state index is -3.07. The van der Waals surface area contributed by atoms with E-state index in [0.29, 0.717) is 25.7 Å². The lowest BCUT2D eigenvalue weighted by Crippen LogP contribution is -2.30. The highest BCUT2D eigenvalue weighted by atomic mass is 32.2. The summed E-state index contributed by atoms with van der Waals surface area (Å²) in [5.74, 6) is -0.0376. The van der Waals surface area contributed by atoms with Crippen molar-refractivity contribution in [2.75, 3.05) is 5.75 Å². The Morgan fingerprint density at radius 2 is 1.64 bits per heavy atom. The van der Waals surface area contributed by atoms with Crippen LogP contribution in [0.2, 0.25) is 0 Å². The number of carbonyl (C=O) groups excluding carboxylic acids is 1. The third-order valence-corrected chi connectivity index (χ3v) is 6.31. The first kappa shape index (κ1) is 18.8. The highest BCUT2D eigenvalue weighted by Gasteiger charge is 2.27. The molecule has 0 saturated heterocycles. The molecule has 0 N–H and O–H groups in total. The van der Waals surface area contributed by atoms with Gasteiger partial charge in [-0.3, -0.25) is 4.79 Å². The first-order valence-electron chi connectivity index (χ1n) is 7.60. The molecule has 0 bridgehead atoms. The number of hydrogen-bond acceptors (Lipinski definition) is 3. The monoisotopic (exact) mass is 328 g/mol. The second-order valence-electron chi connectivity index (χ2n) is 6.58. The van der Waals surface area contributed by atoms with E-state index in [0.717, 1.165) is 12.0 Å². The first-order valence-corrected chi connectivity index (χ1v) is 9.25. The Bertz CT molecular complexity index is 583. The van der Waals surface area contributed by atoms with E-state index in [9.17, 15) is 17.6 Å². The van der Waals surface area contributed by atoms with E-state index in [1.165, 1.54) is 12.1 Å².